The van der Waals surface area contributed by atoms with E-state index in [-0.39, 0.29) is 5.91 Å². The molecule has 4 rings (SSSR count). The van der Waals surface area contributed by atoms with Crippen molar-refractivity contribution in [3.05, 3.63) is 78.0 Å². The summed E-state index contributed by atoms with van der Waals surface area (Å²) >= 11 is 0. The molecule has 0 unspecified atom stereocenters. The number of nitrogens with zero attached hydrogens (tertiary/aromatic N) is 2. The van der Waals surface area contributed by atoms with Gasteiger partial charge in [-0.1, -0.05) is 65.8 Å². The first-order valence-electron chi connectivity index (χ1n) is 10.7. The van der Waals surface area contributed by atoms with Crippen LogP contribution in [-0.4, -0.2) is 36.1 Å². The van der Waals surface area contributed by atoms with Crippen molar-refractivity contribution < 1.29 is 9.32 Å². The minimum Gasteiger partial charge on any atom is -0.356 e. The van der Waals surface area contributed by atoms with Gasteiger partial charge in [0.05, 0.1) is 5.69 Å². The van der Waals surface area contributed by atoms with Crippen molar-refractivity contribution in [1.82, 2.24) is 15.4 Å². The van der Waals surface area contributed by atoms with Crippen LogP contribution in [0.2, 0.25) is 0 Å². The largest absolute Gasteiger partial charge is 0.356 e. The van der Waals surface area contributed by atoms with E-state index in [1.807, 2.05) is 66.5 Å². The molecule has 0 bridgehead atoms. The highest BCUT2D eigenvalue weighted by Gasteiger charge is 2.29. The van der Waals surface area contributed by atoms with Crippen molar-refractivity contribution in [1.29, 1.82) is 0 Å². The summed E-state index contributed by atoms with van der Waals surface area (Å²) in [7, 11) is 1.90. The van der Waals surface area contributed by atoms with E-state index in [2.05, 4.69) is 22.6 Å². The molecule has 2 aromatic carbocycles. The molecule has 156 valence electrons. The maximum Gasteiger partial charge on any atom is 0.222 e. The van der Waals surface area contributed by atoms with Gasteiger partial charge >= 0.3 is 0 Å². The van der Waals surface area contributed by atoms with Gasteiger partial charge in [0.25, 0.3) is 0 Å². The monoisotopic (exact) mass is 403 g/mol. The van der Waals surface area contributed by atoms with Crippen molar-refractivity contribution >= 4 is 5.91 Å². The van der Waals surface area contributed by atoms with E-state index in [0.717, 1.165) is 48.5 Å². The summed E-state index contributed by atoms with van der Waals surface area (Å²) in [6, 6.07) is 22.2. The zero-order valence-electron chi connectivity index (χ0n) is 17.5. The summed E-state index contributed by atoms with van der Waals surface area (Å²) in [5.41, 5.74) is 3.15. The number of aromatic nitrogens is 1. The van der Waals surface area contributed by atoms with Crippen LogP contribution in [0.3, 0.4) is 0 Å². The summed E-state index contributed by atoms with van der Waals surface area (Å²) in [5, 5.41) is 7.78. The van der Waals surface area contributed by atoms with Crippen molar-refractivity contribution in [3.63, 3.8) is 0 Å². The Hall–Kier alpha value is -2.92. The molecule has 2 atom stereocenters. The quantitative estimate of drug-likeness (QED) is 0.644. The van der Waals surface area contributed by atoms with Crippen LogP contribution in [0.5, 0.6) is 0 Å². The molecule has 1 N–H and O–H groups in total. The van der Waals surface area contributed by atoms with Crippen LogP contribution in [0.1, 0.15) is 24.1 Å². The number of nitrogens with one attached hydrogen (secondary N) is 1. The van der Waals surface area contributed by atoms with Crippen LogP contribution < -0.4 is 5.32 Å². The van der Waals surface area contributed by atoms with Crippen LogP contribution in [-0.2, 0) is 17.8 Å². The molecule has 5 nitrogen and oxygen atoms in total. The minimum absolute atomic E-state index is 0.209. The first kappa shape index (κ1) is 20.4. The standard InChI is InChI=1S/C25H29N3O2/c1-28(18-19-8-4-2-5-9-19)25(29)15-21-12-13-26-17-22(21)14-23-16-24(30-27-23)20-10-6-3-7-11-20/h2-11,16,21-22,26H,12-15,17-18H2,1H3/t21-,22-/m0/s1. The lowest BCUT2D eigenvalue weighted by atomic mass is 9.81. The lowest BCUT2D eigenvalue weighted by molar-refractivity contribution is -0.132. The zero-order chi connectivity index (χ0) is 20.8. The number of carbonyl (C=O) groups excluding carboxylic acids is 1. The Morgan fingerprint density at radius 3 is 2.60 bits per heavy atom. The van der Waals surface area contributed by atoms with Gasteiger partial charge in [-0.25, -0.2) is 0 Å². The Morgan fingerprint density at radius 2 is 1.83 bits per heavy atom. The minimum atomic E-state index is 0.209. The number of carbonyl (C=O) groups is 1. The Morgan fingerprint density at radius 1 is 1.10 bits per heavy atom. The molecule has 1 fully saturated rings. The van der Waals surface area contributed by atoms with Gasteiger partial charge < -0.3 is 14.7 Å². The first-order valence-corrected chi connectivity index (χ1v) is 10.7. The lowest BCUT2D eigenvalue weighted by Crippen LogP contribution is -2.40. The Balaban J connectivity index is 1.37. The van der Waals surface area contributed by atoms with E-state index in [4.69, 9.17) is 4.52 Å². The molecule has 5 heteroatoms. The van der Waals surface area contributed by atoms with Gasteiger partial charge in [0.15, 0.2) is 5.76 Å². The molecule has 1 aliphatic heterocycles. The van der Waals surface area contributed by atoms with Crippen LogP contribution in [0.15, 0.2) is 71.3 Å². The fraction of sp³-hybridized carbons (Fsp3) is 0.360. The second kappa shape index (κ2) is 9.72. The van der Waals surface area contributed by atoms with E-state index in [0.29, 0.717) is 24.8 Å². The van der Waals surface area contributed by atoms with E-state index >= 15 is 0 Å². The molecule has 1 aliphatic rings. The third-order valence-electron chi connectivity index (χ3n) is 5.98. The van der Waals surface area contributed by atoms with E-state index in [1.165, 1.54) is 0 Å². The fourth-order valence-corrected chi connectivity index (χ4v) is 4.23. The molecular formula is C25H29N3O2. The van der Waals surface area contributed by atoms with E-state index < -0.39 is 0 Å². The first-order chi connectivity index (χ1) is 14.7. The molecule has 0 radical (unpaired) electrons. The fourth-order valence-electron chi connectivity index (χ4n) is 4.23. The van der Waals surface area contributed by atoms with Crippen molar-refractivity contribution in [2.24, 2.45) is 11.8 Å². The van der Waals surface area contributed by atoms with Crippen molar-refractivity contribution in [2.45, 2.75) is 25.8 Å². The summed E-state index contributed by atoms with van der Waals surface area (Å²) in [6.45, 7) is 2.53. The molecule has 0 spiro atoms. The van der Waals surface area contributed by atoms with E-state index in [1.54, 1.807) is 0 Å². The average molecular weight is 404 g/mol. The maximum atomic E-state index is 12.9. The van der Waals surface area contributed by atoms with Crippen LogP contribution in [0.4, 0.5) is 0 Å². The maximum absolute atomic E-state index is 12.9. The third-order valence-corrected chi connectivity index (χ3v) is 5.98. The van der Waals surface area contributed by atoms with Gasteiger partial charge in [0.2, 0.25) is 5.91 Å². The number of benzene rings is 2. The molecule has 0 aliphatic carbocycles. The molecule has 0 saturated carbocycles. The van der Waals surface area contributed by atoms with E-state index in [9.17, 15) is 4.79 Å². The second-order valence-electron chi connectivity index (χ2n) is 8.21. The lowest BCUT2D eigenvalue weighted by Gasteiger charge is -2.32. The Kier molecular flexibility index (Phi) is 6.60. The molecule has 1 aromatic heterocycles. The van der Waals surface area contributed by atoms with Crippen molar-refractivity contribution in [3.8, 4) is 11.3 Å². The SMILES string of the molecule is CN(Cc1ccccc1)C(=O)C[C@@H]1CCNC[C@@H]1Cc1cc(-c2ccccc2)on1. The van der Waals surface area contributed by atoms with Gasteiger partial charge in [-0.3, -0.25) is 4.79 Å². The zero-order valence-corrected chi connectivity index (χ0v) is 17.5. The Labute approximate surface area is 178 Å². The summed E-state index contributed by atoms with van der Waals surface area (Å²) < 4.78 is 5.57. The predicted octanol–water partition coefficient (Wildman–Crippen LogP) is 4.16. The number of amides is 1. The molecule has 3 aromatic rings. The van der Waals surface area contributed by atoms with Gasteiger partial charge in [0.1, 0.15) is 0 Å². The average Bonchev–Trinajstić information content (AvgIpc) is 3.25. The van der Waals surface area contributed by atoms with Crippen LogP contribution in [0, 0.1) is 11.8 Å². The predicted molar refractivity (Wildman–Crippen MR) is 118 cm³/mol. The number of rotatable bonds is 7. The van der Waals surface area contributed by atoms with Gasteiger partial charge in [-0.2, -0.15) is 0 Å². The molecule has 1 saturated heterocycles. The normalized spacial score (nSPS) is 18.8. The van der Waals surface area contributed by atoms with Crippen molar-refractivity contribution in [2.75, 3.05) is 20.1 Å². The highest BCUT2D eigenvalue weighted by Crippen LogP contribution is 2.28. The smallest absolute Gasteiger partial charge is 0.222 e. The number of piperidine rings is 1. The third kappa shape index (κ3) is 5.16. The van der Waals surface area contributed by atoms with Gasteiger partial charge in [0, 0.05) is 31.6 Å². The second-order valence-corrected chi connectivity index (χ2v) is 8.21. The highest BCUT2D eigenvalue weighted by atomic mass is 16.5. The van der Waals surface area contributed by atoms with Gasteiger partial charge in [-0.05, 0) is 43.3 Å². The molecule has 30 heavy (non-hydrogen) atoms. The summed E-state index contributed by atoms with van der Waals surface area (Å²) in [6.07, 6.45) is 2.42. The molecular weight excluding hydrogens is 374 g/mol. The molecule has 2 heterocycles. The van der Waals surface area contributed by atoms with Gasteiger partial charge in [-0.15, -0.1) is 0 Å². The number of hydrogen-bond donors (Lipinski definition) is 1. The highest BCUT2D eigenvalue weighted by molar-refractivity contribution is 5.76. The summed E-state index contributed by atoms with van der Waals surface area (Å²) in [5.74, 6) is 1.74. The van der Waals surface area contributed by atoms with Crippen LogP contribution >= 0.6 is 0 Å². The number of hydrogen-bond acceptors (Lipinski definition) is 4. The topological polar surface area (TPSA) is 58.4 Å². The van der Waals surface area contributed by atoms with Crippen LogP contribution in [0.25, 0.3) is 11.3 Å². The molecule has 1 amide bonds. The Bertz CT molecular complexity index is 939. The summed E-state index contributed by atoms with van der Waals surface area (Å²) in [4.78, 5) is 14.7.